The van der Waals surface area contributed by atoms with E-state index in [4.69, 9.17) is 0 Å². The van der Waals surface area contributed by atoms with Gasteiger partial charge in [-0.05, 0) is 37.0 Å². The predicted molar refractivity (Wildman–Crippen MR) is 78.4 cm³/mol. The van der Waals surface area contributed by atoms with Crippen molar-refractivity contribution in [3.63, 3.8) is 0 Å². The highest BCUT2D eigenvalue weighted by atomic mass is 16.3. The molecule has 0 aromatic heterocycles. The van der Waals surface area contributed by atoms with Crippen molar-refractivity contribution in [2.45, 2.75) is 50.7 Å². The number of hydrogen-bond donors (Lipinski definition) is 2. The second kappa shape index (κ2) is 5.93. The summed E-state index contributed by atoms with van der Waals surface area (Å²) in [4.78, 5) is 2.10. The average molecular weight is 263 g/mol. The number of anilines is 1. The van der Waals surface area contributed by atoms with E-state index < -0.39 is 5.60 Å². The Morgan fingerprint density at radius 1 is 1.21 bits per heavy atom. The molecule has 0 heterocycles. The number of aliphatic hydroxyl groups is 2. The lowest BCUT2D eigenvalue weighted by Gasteiger charge is -2.30. The summed E-state index contributed by atoms with van der Waals surface area (Å²) in [6.45, 7) is 2.66. The van der Waals surface area contributed by atoms with Crippen LogP contribution in [0.2, 0.25) is 0 Å². The van der Waals surface area contributed by atoms with Gasteiger partial charge in [0.15, 0.2) is 0 Å². The first-order chi connectivity index (χ1) is 9.04. The van der Waals surface area contributed by atoms with Crippen LogP contribution in [0.4, 0.5) is 5.69 Å². The minimum Gasteiger partial charge on any atom is -0.388 e. The normalized spacial score (nSPS) is 19.4. The summed E-state index contributed by atoms with van der Waals surface area (Å²) < 4.78 is 0. The molecule has 19 heavy (non-hydrogen) atoms. The topological polar surface area (TPSA) is 43.7 Å². The molecule has 2 N–H and O–H groups in total. The van der Waals surface area contributed by atoms with Crippen molar-refractivity contribution in [3.05, 3.63) is 29.8 Å². The van der Waals surface area contributed by atoms with Gasteiger partial charge in [0.25, 0.3) is 0 Å². The molecular formula is C16H25NO2. The van der Waals surface area contributed by atoms with Gasteiger partial charge in [-0.1, -0.05) is 31.9 Å². The van der Waals surface area contributed by atoms with Gasteiger partial charge in [-0.2, -0.15) is 0 Å². The number of likely N-dealkylation sites (N-methyl/N-ethyl adjacent to an activating group) is 1. The van der Waals surface area contributed by atoms with Crippen LogP contribution in [0.1, 0.15) is 50.7 Å². The van der Waals surface area contributed by atoms with Crippen molar-refractivity contribution >= 4 is 5.69 Å². The van der Waals surface area contributed by atoms with E-state index in [9.17, 15) is 10.2 Å². The fraction of sp³-hybridized carbons (Fsp3) is 0.625. The SMILES string of the molecule is CC[C@@H](O)c1ccc(N(C)CC2(O)CCCC2)cc1. The van der Waals surface area contributed by atoms with Crippen LogP contribution in [-0.2, 0) is 0 Å². The summed E-state index contributed by atoms with van der Waals surface area (Å²) in [5, 5.41) is 20.2. The van der Waals surface area contributed by atoms with Crippen molar-refractivity contribution in [2.24, 2.45) is 0 Å². The minimum atomic E-state index is -0.518. The van der Waals surface area contributed by atoms with Crippen LogP contribution in [-0.4, -0.2) is 29.4 Å². The number of nitrogens with zero attached hydrogens (tertiary/aromatic N) is 1. The predicted octanol–water partition coefficient (Wildman–Crippen LogP) is 2.87. The summed E-state index contributed by atoms with van der Waals surface area (Å²) in [7, 11) is 2.02. The van der Waals surface area contributed by atoms with Gasteiger partial charge >= 0.3 is 0 Å². The van der Waals surface area contributed by atoms with Crippen molar-refractivity contribution in [1.29, 1.82) is 0 Å². The largest absolute Gasteiger partial charge is 0.388 e. The Bertz CT molecular complexity index is 396. The third-order valence-electron chi connectivity index (χ3n) is 4.17. The zero-order valence-electron chi connectivity index (χ0n) is 12.0. The third kappa shape index (κ3) is 3.48. The van der Waals surface area contributed by atoms with E-state index in [0.717, 1.165) is 43.4 Å². The first-order valence-electron chi connectivity index (χ1n) is 7.25. The van der Waals surface area contributed by atoms with E-state index in [1.54, 1.807) is 0 Å². The Kier molecular flexibility index (Phi) is 4.48. The summed E-state index contributed by atoms with van der Waals surface area (Å²) in [5.74, 6) is 0. The van der Waals surface area contributed by atoms with Gasteiger partial charge < -0.3 is 15.1 Å². The molecule has 0 amide bonds. The van der Waals surface area contributed by atoms with Crippen molar-refractivity contribution in [1.82, 2.24) is 0 Å². The molecule has 2 rings (SSSR count). The zero-order valence-corrected chi connectivity index (χ0v) is 12.0. The van der Waals surface area contributed by atoms with Crippen LogP contribution in [0.25, 0.3) is 0 Å². The van der Waals surface area contributed by atoms with E-state index in [0.29, 0.717) is 6.54 Å². The van der Waals surface area contributed by atoms with Crippen LogP contribution in [0, 0.1) is 0 Å². The van der Waals surface area contributed by atoms with Crippen molar-refractivity contribution in [3.8, 4) is 0 Å². The summed E-state index contributed by atoms with van der Waals surface area (Å²) in [6, 6.07) is 7.98. The van der Waals surface area contributed by atoms with Crippen LogP contribution >= 0.6 is 0 Å². The van der Waals surface area contributed by atoms with Crippen LogP contribution in [0.15, 0.2) is 24.3 Å². The summed E-state index contributed by atoms with van der Waals surface area (Å²) in [6.07, 6.45) is 4.43. The second-order valence-electron chi connectivity index (χ2n) is 5.80. The molecule has 0 unspecified atom stereocenters. The maximum Gasteiger partial charge on any atom is 0.0821 e. The maximum atomic E-state index is 10.4. The minimum absolute atomic E-state index is 0.377. The number of hydrogen-bond acceptors (Lipinski definition) is 3. The van der Waals surface area contributed by atoms with E-state index in [2.05, 4.69) is 4.90 Å². The van der Waals surface area contributed by atoms with Crippen LogP contribution in [0.5, 0.6) is 0 Å². The smallest absolute Gasteiger partial charge is 0.0821 e. The lowest BCUT2D eigenvalue weighted by molar-refractivity contribution is 0.0559. The standard InChI is InChI=1S/C16H25NO2/c1-3-15(18)13-6-8-14(9-7-13)17(2)12-16(19)10-4-5-11-16/h6-9,15,18-19H,3-5,10-12H2,1-2H3/t15-/m1/s1. The molecule has 0 saturated heterocycles. The van der Waals surface area contributed by atoms with Gasteiger partial charge in [0, 0.05) is 19.3 Å². The number of aliphatic hydroxyl groups excluding tert-OH is 1. The Hall–Kier alpha value is -1.06. The molecule has 1 atom stereocenters. The number of rotatable bonds is 5. The molecule has 1 fully saturated rings. The molecule has 0 aliphatic heterocycles. The van der Waals surface area contributed by atoms with E-state index >= 15 is 0 Å². The maximum absolute atomic E-state index is 10.4. The summed E-state index contributed by atoms with van der Waals surface area (Å²) >= 11 is 0. The van der Waals surface area contributed by atoms with Gasteiger partial charge in [0.2, 0.25) is 0 Å². The highest BCUT2D eigenvalue weighted by molar-refractivity contribution is 5.47. The molecule has 106 valence electrons. The molecule has 1 aliphatic rings. The molecule has 0 bridgehead atoms. The lowest BCUT2D eigenvalue weighted by Crippen LogP contribution is -2.39. The quantitative estimate of drug-likeness (QED) is 0.858. The first-order valence-corrected chi connectivity index (χ1v) is 7.25. The highest BCUT2D eigenvalue weighted by Crippen LogP contribution is 2.31. The van der Waals surface area contributed by atoms with E-state index in [1.807, 2.05) is 38.2 Å². The Balaban J connectivity index is 2.01. The fourth-order valence-electron chi connectivity index (χ4n) is 2.91. The molecule has 3 nitrogen and oxygen atoms in total. The fourth-order valence-corrected chi connectivity index (χ4v) is 2.91. The lowest BCUT2D eigenvalue weighted by atomic mass is 10.0. The average Bonchev–Trinajstić information content (AvgIpc) is 2.84. The van der Waals surface area contributed by atoms with Gasteiger partial charge in [-0.25, -0.2) is 0 Å². The van der Waals surface area contributed by atoms with Crippen LogP contribution in [0.3, 0.4) is 0 Å². The first kappa shape index (κ1) is 14.4. The van der Waals surface area contributed by atoms with Crippen molar-refractivity contribution in [2.75, 3.05) is 18.5 Å². The molecule has 1 aromatic rings. The molecule has 0 radical (unpaired) electrons. The van der Waals surface area contributed by atoms with Crippen LogP contribution < -0.4 is 4.90 Å². The Morgan fingerprint density at radius 3 is 2.32 bits per heavy atom. The molecule has 3 heteroatoms. The van der Waals surface area contributed by atoms with Gasteiger partial charge in [-0.3, -0.25) is 0 Å². The molecule has 0 spiro atoms. The zero-order chi connectivity index (χ0) is 13.9. The number of benzene rings is 1. The van der Waals surface area contributed by atoms with Gasteiger partial charge in [0.1, 0.15) is 0 Å². The molecular weight excluding hydrogens is 238 g/mol. The third-order valence-corrected chi connectivity index (χ3v) is 4.17. The highest BCUT2D eigenvalue weighted by Gasteiger charge is 2.32. The van der Waals surface area contributed by atoms with E-state index in [-0.39, 0.29) is 6.10 Å². The molecule has 1 saturated carbocycles. The monoisotopic (exact) mass is 263 g/mol. The van der Waals surface area contributed by atoms with Gasteiger partial charge in [0.05, 0.1) is 11.7 Å². The summed E-state index contributed by atoms with van der Waals surface area (Å²) in [5.41, 5.74) is 1.53. The molecule has 1 aromatic carbocycles. The van der Waals surface area contributed by atoms with Crippen molar-refractivity contribution < 1.29 is 10.2 Å². The molecule has 1 aliphatic carbocycles. The Morgan fingerprint density at radius 2 is 1.79 bits per heavy atom. The van der Waals surface area contributed by atoms with Gasteiger partial charge in [-0.15, -0.1) is 0 Å². The Labute approximate surface area is 115 Å². The van der Waals surface area contributed by atoms with E-state index in [1.165, 1.54) is 0 Å². The second-order valence-corrected chi connectivity index (χ2v) is 5.80.